The summed E-state index contributed by atoms with van der Waals surface area (Å²) in [6.45, 7) is 2.83. The molecule has 21 heavy (non-hydrogen) atoms. The predicted molar refractivity (Wildman–Crippen MR) is 77.7 cm³/mol. The van der Waals surface area contributed by atoms with Crippen LogP contribution in [0.5, 0.6) is 0 Å². The molecular formula is C13H19FN2O4S. The van der Waals surface area contributed by atoms with Crippen LogP contribution < -0.4 is 10.0 Å². The van der Waals surface area contributed by atoms with Crippen LogP contribution in [0.1, 0.15) is 13.8 Å². The summed E-state index contributed by atoms with van der Waals surface area (Å²) in [6, 6.07) is 4.60. The summed E-state index contributed by atoms with van der Waals surface area (Å²) < 4.78 is 39.0. The third kappa shape index (κ3) is 6.09. The zero-order valence-corrected chi connectivity index (χ0v) is 12.7. The standard InChI is InChI=1S/C13H19FN2O4S/c1-9(13(18)15-10(2)7-17)8-21(19,20)16-12-5-3-4-11(14)6-12/h3-6,9-10,16-17H,7-8H2,1-2H3,(H,15,18). The van der Waals surface area contributed by atoms with Crippen LogP contribution in [0.4, 0.5) is 10.1 Å². The molecule has 0 fully saturated rings. The van der Waals surface area contributed by atoms with Gasteiger partial charge in [-0.05, 0) is 25.1 Å². The van der Waals surface area contributed by atoms with Crippen molar-refractivity contribution in [2.45, 2.75) is 19.9 Å². The number of anilines is 1. The van der Waals surface area contributed by atoms with Gasteiger partial charge in [0.25, 0.3) is 0 Å². The summed E-state index contributed by atoms with van der Waals surface area (Å²) in [5.41, 5.74) is 0.103. The van der Waals surface area contributed by atoms with Crippen LogP contribution in [0, 0.1) is 11.7 Å². The molecule has 1 aromatic carbocycles. The molecule has 0 bridgehead atoms. The highest BCUT2D eigenvalue weighted by Gasteiger charge is 2.22. The number of aliphatic hydroxyl groups is 1. The molecule has 1 rings (SSSR count). The zero-order chi connectivity index (χ0) is 16.0. The second-order valence-electron chi connectivity index (χ2n) is 4.89. The van der Waals surface area contributed by atoms with Gasteiger partial charge in [0.1, 0.15) is 5.82 Å². The summed E-state index contributed by atoms with van der Waals surface area (Å²) in [6.07, 6.45) is 0. The molecule has 0 aliphatic rings. The first-order valence-corrected chi connectivity index (χ1v) is 8.06. The number of benzene rings is 1. The second kappa shape index (κ2) is 7.37. The molecule has 2 unspecified atom stereocenters. The summed E-state index contributed by atoms with van der Waals surface area (Å²) >= 11 is 0. The Hall–Kier alpha value is -1.67. The molecule has 1 amide bonds. The number of sulfonamides is 1. The van der Waals surface area contributed by atoms with Crippen molar-refractivity contribution in [2.24, 2.45) is 5.92 Å². The topological polar surface area (TPSA) is 95.5 Å². The van der Waals surface area contributed by atoms with Crippen LogP contribution in [-0.2, 0) is 14.8 Å². The smallest absolute Gasteiger partial charge is 0.233 e. The lowest BCUT2D eigenvalue weighted by atomic mass is 10.2. The summed E-state index contributed by atoms with van der Waals surface area (Å²) in [7, 11) is -3.78. The maximum Gasteiger partial charge on any atom is 0.233 e. The van der Waals surface area contributed by atoms with E-state index < -0.39 is 39.5 Å². The molecule has 8 heteroatoms. The number of hydrogen-bond acceptors (Lipinski definition) is 4. The van der Waals surface area contributed by atoms with E-state index in [0.29, 0.717) is 0 Å². The third-order valence-corrected chi connectivity index (χ3v) is 4.16. The van der Waals surface area contributed by atoms with E-state index >= 15 is 0 Å². The Morgan fingerprint density at radius 3 is 2.62 bits per heavy atom. The molecule has 0 aromatic heterocycles. The van der Waals surface area contributed by atoms with Crippen LogP contribution in [-0.4, -0.2) is 37.8 Å². The highest BCUT2D eigenvalue weighted by atomic mass is 32.2. The van der Waals surface area contributed by atoms with Gasteiger partial charge in [-0.15, -0.1) is 0 Å². The molecule has 3 N–H and O–H groups in total. The fraction of sp³-hybridized carbons (Fsp3) is 0.462. The van der Waals surface area contributed by atoms with E-state index in [-0.39, 0.29) is 12.3 Å². The average molecular weight is 318 g/mol. The monoisotopic (exact) mass is 318 g/mol. The molecule has 0 spiro atoms. The molecule has 0 aliphatic carbocycles. The number of amides is 1. The quantitative estimate of drug-likeness (QED) is 0.689. The normalized spacial score (nSPS) is 14.3. The van der Waals surface area contributed by atoms with Gasteiger partial charge in [0.2, 0.25) is 15.9 Å². The maximum atomic E-state index is 13.0. The van der Waals surface area contributed by atoms with Crippen molar-refractivity contribution in [3.05, 3.63) is 30.1 Å². The SMILES string of the molecule is CC(CO)NC(=O)C(C)CS(=O)(=O)Nc1cccc(F)c1. The maximum absolute atomic E-state index is 13.0. The van der Waals surface area contributed by atoms with Gasteiger partial charge in [-0.1, -0.05) is 13.0 Å². The minimum Gasteiger partial charge on any atom is -0.394 e. The third-order valence-electron chi connectivity index (χ3n) is 2.68. The number of carbonyl (C=O) groups excluding carboxylic acids is 1. The van der Waals surface area contributed by atoms with E-state index in [1.807, 2.05) is 0 Å². The van der Waals surface area contributed by atoms with Gasteiger partial charge in [0, 0.05) is 6.04 Å². The van der Waals surface area contributed by atoms with Gasteiger partial charge in [-0.2, -0.15) is 0 Å². The average Bonchev–Trinajstić information content (AvgIpc) is 2.37. The Balaban J connectivity index is 2.65. The van der Waals surface area contributed by atoms with E-state index in [2.05, 4.69) is 10.0 Å². The predicted octanol–water partition coefficient (Wildman–Crippen LogP) is 0.701. The van der Waals surface area contributed by atoms with E-state index in [9.17, 15) is 17.6 Å². The molecule has 0 saturated carbocycles. The first-order chi connectivity index (χ1) is 9.73. The lowest BCUT2D eigenvalue weighted by molar-refractivity contribution is -0.124. The Bertz CT molecular complexity index is 592. The molecule has 0 heterocycles. The Morgan fingerprint density at radius 2 is 2.05 bits per heavy atom. The van der Waals surface area contributed by atoms with Gasteiger partial charge in [-0.3, -0.25) is 9.52 Å². The van der Waals surface area contributed by atoms with Gasteiger partial charge < -0.3 is 10.4 Å². The molecule has 2 atom stereocenters. The number of halogens is 1. The molecular weight excluding hydrogens is 299 g/mol. The molecule has 118 valence electrons. The molecule has 0 saturated heterocycles. The van der Waals surface area contributed by atoms with Crippen LogP contribution in [0.2, 0.25) is 0 Å². The van der Waals surface area contributed by atoms with Crippen molar-refractivity contribution >= 4 is 21.6 Å². The zero-order valence-electron chi connectivity index (χ0n) is 11.8. The molecule has 1 aromatic rings. The first-order valence-electron chi connectivity index (χ1n) is 6.41. The largest absolute Gasteiger partial charge is 0.394 e. The summed E-state index contributed by atoms with van der Waals surface area (Å²) in [4.78, 5) is 11.7. The van der Waals surface area contributed by atoms with Crippen LogP contribution in [0.3, 0.4) is 0 Å². The molecule has 0 radical (unpaired) electrons. The van der Waals surface area contributed by atoms with Crippen molar-refractivity contribution < 1.29 is 22.7 Å². The fourth-order valence-corrected chi connectivity index (χ4v) is 2.99. The van der Waals surface area contributed by atoms with Crippen LogP contribution >= 0.6 is 0 Å². The Labute approximate surface area is 123 Å². The van der Waals surface area contributed by atoms with Crippen molar-refractivity contribution in [3.63, 3.8) is 0 Å². The highest BCUT2D eigenvalue weighted by molar-refractivity contribution is 7.92. The van der Waals surface area contributed by atoms with Gasteiger partial charge in [0.05, 0.1) is 24.0 Å². The number of nitrogens with one attached hydrogen (secondary N) is 2. The van der Waals surface area contributed by atoms with E-state index in [0.717, 1.165) is 6.07 Å². The minimum atomic E-state index is -3.78. The Kier molecular flexibility index (Phi) is 6.10. The molecule has 0 aliphatic heterocycles. The number of carbonyl (C=O) groups is 1. The van der Waals surface area contributed by atoms with Gasteiger partial charge in [-0.25, -0.2) is 12.8 Å². The first kappa shape index (κ1) is 17.4. The van der Waals surface area contributed by atoms with E-state index in [1.54, 1.807) is 6.92 Å². The lowest BCUT2D eigenvalue weighted by Crippen LogP contribution is -2.40. The van der Waals surface area contributed by atoms with Crippen LogP contribution in [0.15, 0.2) is 24.3 Å². The second-order valence-corrected chi connectivity index (χ2v) is 6.65. The summed E-state index contributed by atoms with van der Waals surface area (Å²) in [5.74, 6) is -2.27. The lowest BCUT2D eigenvalue weighted by Gasteiger charge is -2.16. The van der Waals surface area contributed by atoms with E-state index in [4.69, 9.17) is 5.11 Å². The van der Waals surface area contributed by atoms with Gasteiger partial charge in [0.15, 0.2) is 0 Å². The highest BCUT2D eigenvalue weighted by Crippen LogP contribution is 2.13. The number of hydrogen-bond donors (Lipinski definition) is 3. The van der Waals surface area contributed by atoms with E-state index in [1.165, 1.54) is 25.1 Å². The van der Waals surface area contributed by atoms with Crippen LogP contribution in [0.25, 0.3) is 0 Å². The van der Waals surface area contributed by atoms with Crippen molar-refractivity contribution in [1.29, 1.82) is 0 Å². The van der Waals surface area contributed by atoms with Crippen molar-refractivity contribution in [3.8, 4) is 0 Å². The van der Waals surface area contributed by atoms with Gasteiger partial charge >= 0.3 is 0 Å². The fourth-order valence-electron chi connectivity index (χ4n) is 1.61. The Morgan fingerprint density at radius 1 is 1.38 bits per heavy atom. The number of aliphatic hydroxyl groups excluding tert-OH is 1. The summed E-state index contributed by atoms with van der Waals surface area (Å²) in [5, 5.41) is 11.3. The van der Waals surface area contributed by atoms with Crippen molar-refractivity contribution in [2.75, 3.05) is 17.1 Å². The molecule has 6 nitrogen and oxygen atoms in total. The minimum absolute atomic E-state index is 0.103. The van der Waals surface area contributed by atoms with Crippen molar-refractivity contribution in [1.82, 2.24) is 5.32 Å². The number of rotatable bonds is 7.